The number of nitrogens with one attached hydrogen (secondary N) is 1. The first-order valence-corrected chi connectivity index (χ1v) is 7.08. The molecule has 1 N–H and O–H groups in total. The van der Waals surface area contributed by atoms with Gasteiger partial charge in [0.25, 0.3) is 5.91 Å². The summed E-state index contributed by atoms with van der Waals surface area (Å²) in [6.45, 7) is 2.91. The lowest BCUT2D eigenvalue weighted by Crippen LogP contribution is -2.23. The van der Waals surface area contributed by atoms with E-state index in [0.29, 0.717) is 16.9 Å². The molecule has 120 valence electrons. The van der Waals surface area contributed by atoms with Crippen molar-refractivity contribution < 1.29 is 14.3 Å². The molecular formula is C17H18N2O4. The van der Waals surface area contributed by atoms with Crippen molar-refractivity contribution in [3.63, 3.8) is 0 Å². The van der Waals surface area contributed by atoms with Crippen molar-refractivity contribution >= 4 is 17.4 Å². The van der Waals surface area contributed by atoms with E-state index in [9.17, 15) is 14.4 Å². The quantitative estimate of drug-likeness (QED) is 0.855. The molecule has 0 aliphatic rings. The Kier molecular flexibility index (Phi) is 4.95. The molecule has 2 aromatic rings. The predicted molar refractivity (Wildman–Crippen MR) is 87.0 cm³/mol. The molecule has 2 rings (SSSR count). The molecule has 1 aromatic carbocycles. The van der Waals surface area contributed by atoms with Gasteiger partial charge in [-0.3, -0.25) is 14.4 Å². The Hall–Kier alpha value is -2.89. The van der Waals surface area contributed by atoms with Crippen molar-refractivity contribution in [2.75, 3.05) is 11.9 Å². The van der Waals surface area contributed by atoms with Crippen LogP contribution in [0, 0.1) is 6.92 Å². The highest BCUT2D eigenvalue weighted by Crippen LogP contribution is 2.12. The van der Waals surface area contributed by atoms with Gasteiger partial charge in [-0.1, -0.05) is 12.1 Å². The molecule has 6 heteroatoms. The third-order valence-electron chi connectivity index (χ3n) is 3.43. The molecule has 0 fully saturated rings. The largest absolute Gasteiger partial charge is 0.478 e. The summed E-state index contributed by atoms with van der Waals surface area (Å²) in [7, 11) is 1.79. The van der Waals surface area contributed by atoms with E-state index in [-0.39, 0.29) is 23.6 Å². The van der Waals surface area contributed by atoms with E-state index in [0.717, 1.165) is 0 Å². The number of nitrogens with zero attached hydrogens (tertiary/aromatic N) is 1. The summed E-state index contributed by atoms with van der Waals surface area (Å²) in [5.41, 5.74) is 1.39. The topological polar surface area (TPSA) is 77.4 Å². The molecular weight excluding hydrogens is 296 g/mol. The predicted octanol–water partition coefficient (Wildman–Crippen LogP) is 1.91. The van der Waals surface area contributed by atoms with Gasteiger partial charge in [0.05, 0.1) is 5.69 Å². The normalized spacial score (nSPS) is 10.2. The molecule has 1 amide bonds. The minimum absolute atomic E-state index is 0.0826. The molecule has 0 aliphatic carbocycles. The Morgan fingerprint density at radius 3 is 2.70 bits per heavy atom. The van der Waals surface area contributed by atoms with Crippen LogP contribution in [0.2, 0.25) is 0 Å². The molecule has 1 aromatic heterocycles. The molecule has 0 atom stereocenters. The van der Waals surface area contributed by atoms with Crippen molar-refractivity contribution in [1.29, 1.82) is 0 Å². The van der Waals surface area contributed by atoms with Crippen LogP contribution in [0.3, 0.4) is 0 Å². The number of carbonyl (C=O) groups is 2. The number of carbonyl (C=O) groups excluding carboxylic acids is 2. The van der Waals surface area contributed by atoms with Crippen molar-refractivity contribution in [2.45, 2.75) is 13.8 Å². The van der Waals surface area contributed by atoms with Gasteiger partial charge in [-0.2, -0.15) is 0 Å². The second-order valence-electron chi connectivity index (χ2n) is 5.18. The lowest BCUT2D eigenvalue weighted by Gasteiger charge is -2.11. The summed E-state index contributed by atoms with van der Waals surface area (Å²) in [5, 5.41) is 2.64. The monoisotopic (exact) mass is 314 g/mol. The maximum Gasteiger partial charge on any atom is 0.262 e. The molecule has 0 saturated heterocycles. The Morgan fingerprint density at radius 2 is 2.00 bits per heavy atom. The number of aromatic nitrogens is 1. The fraction of sp³-hybridized carbons (Fsp3) is 0.235. The van der Waals surface area contributed by atoms with Crippen LogP contribution >= 0.6 is 0 Å². The SMILES string of the molecule is CC(=O)c1cccc(NC(=O)COc2c(C)n(C)ccc2=O)c1. The summed E-state index contributed by atoms with van der Waals surface area (Å²) in [6.07, 6.45) is 1.64. The highest BCUT2D eigenvalue weighted by molar-refractivity contribution is 5.97. The van der Waals surface area contributed by atoms with E-state index in [2.05, 4.69) is 5.32 Å². The molecule has 0 unspecified atom stereocenters. The van der Waals surface area contributed by atoms with Gasteiger partial charge in [-0.25, -0.2) is 0 Å². The molecule has 0 bridgehead atoms. The van der Waals surface area contributed by atoms with Crippen LogP contribution in [0.1, 0.15) is 23.0 Å². The van der Waals surface area contributed by atoms with Crippen LogP contribution < -0.4 is 15.5 Å². The average Bonchev–Trinajstić information content (AvgIpc) is 2.51. The lowest BCUT2D eigenvalue weighted by molar-refractivity contribution is -0.118. The van der Waals surface area contributed by atoms with Crippen LogP contribution in [0.4, 0.5) is 5.69 Å². The van der Waals surface area contributed by atoms with Gasteiger partial charge in [0.1, 0.15) is 0 Å². The Balaban J connectivity index is 2.04. The number of Topliss-reactive ketones (excluding diaryl/α,β-unsaturated/α-hetero) is 1. The number of aryl methyl sites for hydroxylation is 1. The van der Waals surface area contributed by atoms with E-state index in [1.807, 2.05) is 0 Å². The first-order chi connectivity index (χ1) is 10.9. The van der Waals surface area contributed by atoms with Crippen molar-refractivity contribution in [1.82, 2.24) is 4.57 Å². The molecule has 0 radical (unpaired) electrons. The van der Waals surface area contributed by atoms with Crippen LogP contribution in [0.5, 0.6) is 5.75 Å². The first kappa shape index (κ1) is 16.5. The summed E-state index contributed by atoms with van der Waals surface area (Å²) in [4.78, 5) is 35.0. The van der Waals surface area contributed by atoms with Crippen molar-refractivity contribution in [2.24, 2.45) is 7.05 Å². The standard InChI is InChI=1S/C17H18N2O4/c1-11-17(15(21)7-8-19(11)3)23-10-16(22)18-14-6-4-5-13(9-14)12(2)20/h4-9H,10H2,1-3H3,(H,18,22). The molecule has 1 heterocycles. The lowest BCUT2D eigenvalue weighted by atomic mass is 10.1. The molecule has 6 nitrogen and oxygen atoms in total. The zero-order valence-electron chi connectivity index (χ0n) is 13.3. The van der Waals surface area contributed by atoms with Gasteiger partial charge in [-0.05, 0) is 26.0 Å². The zero-order valence-corrected chi connectivity index (χ0v) is 13.3. The molecule has 0 aliphatic heterocycles. The summed E-state index contributed by atoms with van der Waals surface area (Å²) in [6, 6.07) is 8.01. The number of rotatable bonds is 5. The smallest absolute Gasteiger partial charge is 0.262 e. The van der Waals surface area contributed by atoms with Gasteiger partial charge in [0.15, 0.2) is 18.1 Å². The number of benzene rings is 1. The summed E-state index contributed by atoms with van der Waals surface area (Å²) in [5.74, 6) is -0.334. The van der Waals surface area contributed by atoms with Crippen molar-refractivity contribution in [3.8, 4) is 5.75 Å². The Morgan fingerprint density at radius 1 is 1.26 bits per heavy atom. The van der Waals surface area contributed by atoms with E-state index >= 15 is 0 Å². The van der Waals surface area contributed by atoms with E-state index in [1.54, 1.807) is 49.0 Å². The number of pyridine rings is 1. The maximum absolute atomic E-state index is 11.9. The number of ketones is 1. The summed E-state index contributed by atoms with van der Waals surface area (Å²) >= 11 is 0. The van der Waals surface area contributed by atoms with Gasteiger partial charge in [-0.15, -0.1) is 0 Å². The third kappa shape index (κ3) is 4.06. The minimum Gasteiger partial charge on any atom is -0.478 e. The van der Waals surface area contributed by atoms with E-state index < -0.39 is 5.91 Å². The van der Waals surface area contributed by atoms with Crippen LogP contribution in [0.15, 0.2) is 41.3 Å². The van der Waals surface area contributed by atoms with Gasteiger partial charge in [0, 0.05) is 30.6 Å². The number of hydrogen-bond acceptors (Lipinski definition) is 4. The van der Waals surface area contributed by atoms with Gasteiger partial charge >= 0.3 is 0 Å². The first-order valence-electron chi connectivity index (χ1n) is 7.08. The summed E-state index contributed by atoms with van der Waals surface area (Å²) < 4.78 is 7.09. The van der Waals surface area contributed by atoms with Crippen LogP contribution in [0.25, 0.3) is 0 Å². The Bertz CT molecular complexity index is 808. The number of anilines is 1. The molecule has 0 saturated carbocycles. The number of amides is 1. The minimum atomic E-state index is -0.406. The van der Waals surface area contributed by atoms with Crippen molar-refractivity contribution in [3.05, 3.63) is 58.0 Å². The zero-order chi connectivity index (χ0) is 17.0. The Labute approximate surface area is 133 Å². The second-order valence-corrected chi connectivity index (χ2v) is 5.18. The third-order valence-corrected chi connectivity index (χ3v) is 3.43. The average molecular weight is 314 g/mol. The van der Waals surface area contributed by atoms with E-state index in [4.69, 9.17) is 4.74 Å². The fourth-order valence-corrected chi connectivity index (χ4v) is 2.03. The maximum atomic E-state index is 11.9. The van der Waals surface area contributed by atoms with Gasteiger partial charge in [0.2, 0.25) is 5.43 Å². The highest BCUT2D eigenvalue weighted by atomic mass is 16.5. The number of ether oxygens (including phenoxy) is 1. The molecule has 0 spiro atoms. The second kappa shape index (κ2) is 6.91. The van der Waals surface area contributed by atoms with E-state index in [1.165, 1.54) is 13.0 Å². The fourth-order valence-electron chi connectivity index (χ4n) is 2.03. The van der Waals surface area contributed by atoms with Crippen LogP contribution in [-0.4, -0.2) is 22.9 Å². The molecule has 23 heavy (non-hydrogen) atoms. The number of hydrogen-bond donors (Lipinski definition) is 1. The highest BCUT2D eigenvalue weighted by Gasteiger charge is 2.10. The van der Waals surface area contributed by atoms with Gasteiger partial charge < -0.3 is 14.6 Å². The van der Waals surface area contributed by atoms with Crippen LogP contribution in [-0.2, 0) is 11.8 Å².